The first-order valence-corrected chi connectivity index (χ1v) is 13.8. The van der Waals surface area contributed by atoms with Gasteiger partial charge in [0.2, 0.25) is 0 Å². The maximum atomic E-state index is 13.2. The van der Waals surface area contributed by atoms with Crippen molar-refractivity contribution in [2.45, 2.75) is 31.1 Å². The van der Waals surface area contributed by atoms with Crippen LogP contribution in [0.2, 0.25) is 0 Å². The number of amides is 2. The van der Waals surface area contributed by atoms with Crippen molar-refractivity contribution >= 4 is 54.9 Å². The number of carbonyl (C=O) groups excluding carboxylic acids is 2. The highest BCUT2D eigenvalue weighted by atomic mass is 32.2. The highest BCUT2D eigenvalue weighted by molar-refractivity contribution is 7.87. The fourth-order valence-corrected chi connectivity index (χ4v) is 5.74. The van der Waals surface area contributed by atoms with Crippen LogP contribution in [0.3, 0.4) is 0 Å². The van der Waals surface area contributed by atoms with Gasteiger partial charge in [0, 0.05) is 58.4 Å². The van der Waals surface area contributed by atoms with E-state index in [4.69, 9.17) is 4.74 Å². The molecule has 2 aliphatic heterocycles. The number of alkyl halides is 3. The summed E-state index contributed by atoms with van der Waals surface area (Å²) in [6, 6.07) is 14.5. The molecule has 0 spiro atoms. The highest BCUT2D eigenvalue weighted by Crippen LogP contribution is 2.39. The Morgan fingerprint density at radius 2 is 1.40 bits per heavy atom. The van der Waals surface area contributed by atoms with Gasteiger partial charge in [0.25, 0.3) is 11.8 Å². The van der Waals surface area contributed by atoms with Crippen LogP contribution in [0.1, 0.15) is 17.5 Å². The molecule has 6 rings (SSSR count). The molecule has 2 amide bonds. The van der Waals surface area contributed by atoms with Crippen molar-refractivity contribution in [2.24, 2.45) is 0 Å². The first kappa shape index (κ1) is 26.3. The molecular weight excluding hydrogens is 551 g/mol. The molecule has 0 unspecified atom stereocenters. The van der Waals surface area contributed by atoms with Crippen molar-refractivity contribution < 1.29 is 40.1 Å². The summed E-state index contributed by atoms with van der Waals surface area (Å²) >= 11 is 0. The first-order valence-electron chi connectivity index (χ1n) is 12.4. The number of imide groups is 1. The van der Waals surface area contributed by atoms with E-state index in [1.807, 2.05) is 41.0 Å². The molecule has 0 saturated carbocycles. The number of halogens is 3. The van der Waals surface area contributed by atoms with Crippen LogP contribution >= 0.6 is 0 Å². The number of nitrogens with one attached hydrogen (secondary N) is 1. The van der Waals surface area contributed by atoms with Crippen LogP contribution in [-0.4, -0.2) is 54.2 Å². The standard InChI is InChI=1S/C27H22F3N3O6S/c28-27(29,30)40(36,37)39-15-16-9-10-32-13-19(17-5-1-3-7-21(17)32)23-24(26(35)31-25(23)34)20-14-33(11-12-38-16)22-8-4-2-6-18(20)22/h1-8,13-14,16H,9-12,15H2,(H,31,34,35)/t16-/m0/s1. The molecule has 4 aromatic rings. The lowest BCUT2D eigenvalue weighted by atomic mass is 9.95. The van der Waals surface area contributed by atoms with Crippen LogP contribution in [0.5, 0.6) is 0 Å². The predicted octanol–water partition coefficient (Wildman–Crippen LogP) is 3.82. The molecule has 208 valence electrons. The summed E-state index contributed by atoms with van der Waals surface area (Å²) in [5.74, 6) is -1.04. The quantitative estimate of drug-likeness (QED) is 0.227. The third kappa shape index (κ3) is 4.39. The average molecular weight is 574 g/mol. The molecule has 13 heteroatoms. The van der Waals surface area contributed by atoms with Gasteiger partial charge in [-0.3, -0.25) is 19.1 Å². The number of carbonyl (C=O) groups is 2. The number of fused-ring (bicyclic) bond motifs is 12. The number of hydrogen-bond donors (Lipinski definition) is 1. The molecule has 1 N–H and O–H groups in total. The van der Waals surface area contributed by atoms with E-state index < -0.39 is 40.2 Å². The third-order valence-electron chi connectivity index (χ3n) is 7.12. The summed E-state index contributed by atoms with van der Waals surface area (Å²) < 4.78 is 75.5. The van der Waals surface area contributed by atoms with E-state index in [0.717, 1.165) is 16.4 Å². The fraction of sp³-hybridized carbons (Fsp3) is 0.259. The summed E-state index contributed by atoms with van der Waals surface area (Å²) in [4.78, 5) is 26.3. The van der Waals surface area contributed by atoms with E-state index in [-0.39, 0.29) is 37.3 Å². The van der Waals surface area contributed by atoms with Crippen LogP contribution < -0.4 is 5.32 Å². The molecule has 40 heavy (non-hydrogen) atoms. The van der Waals surface area contributed by atoms with Crippen LogP contribution in [0.4, 0.5) is 13.2 Å². The molecule has 0 aliphatic carbocycles. The average Bonchev–Trinajstić information content (AvgIpc) is 3.54. The van der Waals surface area contributed by atoms with Crippen molar-refractivity contribution in [1.82, 2.24) is 14.5 Å². The van der Waals surface area contributed by atoms with Gasteiger partial charge in [-0.1, -0.05) is 36.4 Å². The van der Waals surface area contributed by atoms with Crippen molar-refractivity contribution in [3.8, 4) is 0 Å². The summed E-state index contributed by atoms with van der Waals surface area (Å²) in [6.07, 6.45) is 2.58. The van der Waals surface area contributed by atoms with E-state index in [2.05, 4.69) is 9.50 Å². The largest absolute Gasteiger partial charge is 0.523 e. The van der Waals surface area contributed by atoms with Gasteiger partial charge in [-0.2, -0.15) is 21.6 Å². The Balaban J connectivity index is 1.50. The topological polar surface area (TPSA) is 109 Å². The minimum absolute atomic E-state index is 0.0207. The Morgan fingerprint density at radius 1 is 0.875 bits per heavy atom. The van der Waals surface area contributed by atoms with Gasteiger partial charge >= 0.3 is 15.6 Å². The first-order chi connectivity index (χ1) is 19.0. The van der Waals surface area contributed by atoms with Gasteiger partial charge < -0.3 is 13.9 Å². The molecule has 0 fully saturated rings. The number of nitrogens with zero attached hydrogens (tertiary/aromatic N) is 2. The number of aryl methyl sites for hydroxylation is 1. The minimum atomic E-state index is -5.80. The summed E-state index contributed by atoms with van der Waals surface area (Å²) in [5, 5.41) is 3.86. The highest BCUT2D eigenvalue weighted by Gasteiger charge is 2.47. The number of aromatic nitrogens is 2. The molecule has 2 aromatic heterocycles. The van der Waals surface area contributed by atoms with Crippen molar-refractivity contribution in [2.75, 3.05) is 13.2 Å². The molecule has 2 aromatic carbocycles. The summed E-state index contributed by atoms with van der Waals surface area (Å²) in [5.41, 5.74) is -2.51. The number of ether oxygens (including phenoxy) is 1. The predicted molar refractivity (Wildman–Crippen MR) is 139 cm³/mol. The molecule has 4 heterocycles. The van der Waals surface area contributed by atoms with E-state index in [1.54, 1.807) is 29.1 Å². The van der Waals surface area contributed by atoms with Gasteiger partial charge in [0.05, 0.1) is 30.5 Å². The molecule has 4 bridgehead atoms. The fourth-order valence-electron chi connectivity index (χ4n) is 5.28. The van der Waals surface area contributed by atoms with Crippen LogP contribution in [0, 0.1) is 0 Å². The summed E-state index contributed by atoms with van der Waals surface area (Å²) in [6.45, 7) is -0.343. The van der Waals surface area contributed by atoms with Gasteiger partial charge in [-0.15, -0.1) is 0 Å². The molecule has 0 radical (unpaired) electrons. The maximum Gasteiger partial charge on any atom is 0.523 e. The zero-order chi connectivity index (χ0) is 28.2. The summed E-state index contributed by atoms with van der Waals surface area (Å²) in [7, 11) is -5.80. The Hall–Kier alpha value is -3.94. The Kier molecular flexibility index (Phi) is 6.32. The lowest BCUT2D eigenvalue weighted by molar-refractivity contribution is -0.122. The molecule has 0 saturated heterocycles. The number of para-hydroxylation sites is 2. The van der Waals surface area contributed by atoms with Gasteiger partial charge in [0.15, 0.2) is 0 Å². The second-order valence-corrected chi connectivity index (χ2v) is 11.1. The van der Waals surface area contributed by atoms with Gasteiger partial charge in [-0.05, 0) is 18.6 Å². The zero-order valence-electron chi connectivity index (χ0n) is 20.8. The minimum Gasteiger partial charge on any atom is -0.374 e. The Bertz CT molecular complexity index is 1820. The zero-order valence-corrected chi connectivity index (χ0v) is 21.6. The normalized spacial score (nSPS) is 18.7. The molecular formula is C27H22F3N3O6S. The van der Waals surface area contributed by atoms with Crippen LogP contribution in [0.15, 0.2) is 60.9 Å². The number of rotatable bonds is 3. The van der Waals surface area contributed by atoms with Gasteiger partial charge in [-0.25, -0.2) is 0 Å². The molecule has 1 atom stereocenters. The maximum absolute atomic E-state index is 13.2. The van der Waals surface area contributed by atoms with Crippen molar-refractivity contribution in [3.05, 3.63) is 72.1 Å². The number of benzene rings is 2. The monoisotopic (exact) mass is 573 g/mol. The second kappa shape index (κ2) is 9.61. The second-order valence-electron chi connectivity index (χ2n) is 9.51. The number of hydrogen-bond acceptors (Lipinski definition) is 6. The van der Waals surface area contributed by atoms with E-state index in [9.17, 15) is 31.2 Å². The van der Waals surface area contributed by atoms with E-state index in [0.29, 0.717) is 16.5 Å². The molecule has 2 aliphatic rings. The van der Waals surface area contributed by atoms with E-state index >= 15 is 0 Å². The molecule has 9 nitrogen and oxygen atoms in total. The Labute approximate surface area is 225 Å². The Morgan fingerprint density at radius 3 is 1.95 bits per heavy atom. The van der Waals surface area contributed by atoms with Crippen LogP contribution in [-0.2, 0) is 41.7 Å². The van der Waals surface area contributed by atoms with Gasteiger partial charge in [0.1, 0.15) is 0 Å². The lowest BCUT2D eigenvalue weighted by Gasteiger charge is -2.19. The smallest absolute Gasteiger partial charge is 0.374 e. The van der Waals surface area contributed by atoms with Crippen molar-refractivity contribution in [3.63, 3.8) is 0 Å². The lowest BCUT2D eigenvalue weighted by Crippen LogP contribution is -2.31. The third-order valence-corrected chi connectivity index (χ3v) is 8.13. The van der Waals surface area contributed by atoms with Crippen molar-refractivity contribution in [1.29, 1.82) is 0 Å². The van der Waals surface area contributed by atoms with Crippen LogP contribution in [0.25, 0.3) is 33.0 Å². The van der Waals surface area contributed by atoms with E-state index in [1.165, 1.54) is 0 Å². The SMILES string of the molecule is O=C1NC(=O)C2=C1c1cn(c3ccccc13)CCO[C@H](COS(=O)(=O)C(F)(F)F)CCn1cc2c2ccccc21.